The van der Waals surface area contributed by atoms with Crippen LogP contribution < -0.4 is 9.47 Å². The van der Waals surface area contributed by atoms with Crippen molar-refractivity contribution in [3.8, 4) is 11.6 Å². The molecule has 2 rings (SSSR count). The molecule has 1 unspecified atom stereocenters. The fourth-order valence-electron chi connectivity index (χ4n) is 2.15. The van der Waals surface area contributed by atoms with Crippen LogP contribution in [0.2, 0.25) is 0 Å². The second kappa shape index (κ2) is 6.74. The van der Waals surface area contributed by atoms with Crippen LogP contribution in [0.25, 0.3) is 0 Å². The highest BCUT2D eigenvalue weighted by Gasteiger charge is 2.23. The maximum Gasteiger partial charge on any atom is 0.312 e. The fraction of sp³-hybridized carbons (Fsp3) is 0.250. The van der Waals surface area contributed by atoms with Gasteiger partial charge in [-0.2, -0.15) is 0 Å². The van der Waals surface area contributed by atoms with Crippen LogP contribution in [0.5, 0.6) is 11.6 Å². The van der Waals surface area contributed by atoms with E-state index in [0.29, 0.717) is 23.7 Å². The van der Waals surface area contributed by atoms with Crippen molar-refractivity contribution in [3.05, 3.63) is 53.7 Å². The number of para-hydroxylation sites is 1. The van der Waals surface area contributed by atoms with Crippen molar-refractivity contribution in [1.82, 2.24) is 4.98 Å². The molecule has 0 saturated heterocycles. The van der Waals surface area contributed by atoms with Gasteiger partial charge in [0.05, 0.1) is 19.9 Å². The first-order valence-corrected chi connectivity index (χ1v) is 6.51. The monoisotopic (exact) mass is 287 g/mol. The molecule has 0 radical (unpaired) electrons. The third-order valence-electron chi connectivity index (χ3n) is 3.23. The Kier molecular flexibility index (Phi) is 4.77. The van der Waals surface area contributed by atoms with E-state index in [2.05, 4.69) is 4.98 Å². The Morgan fingerprint density at radius 3 is 2.57 bits per heavy atom. The molecule has 0 aliphatic heterocycles. The van der Waals surface area contributed by atoms with Gasteiger partial charge in [0.15, 0.2) is 0 Å². The highest BCUT2D eigenvalue weighted by atomic mass is 16.5. The molecule has 0 spiro atoms. The van der Waals surface area contributed by atoms with Gasteiger partial charge in [-0.15, -0.1) is 0 Å². The largest absolute Gasteiger partial charge is 0.496 e. The van der Waals surface area contributed by atoms with Crippen LogP contribution in [0.15, 0.2) is 42.5 Å². The van der Waals surface area contributed by atoms with Crippen molar-refractivity contribution < 1.29 is 19.4 Å². The third kappa shape index (κ3) is 3.51. The first-order chi connectivity index (χ1) is 10.2. The summed E-state index contributed by atoms with van der Waals surface area (Å²) in [5, 5.41) is 9.49. The zero-order valence-electron chi connectivity index (χ0n) is 11.9. The van der Waals surface area contributed by atoms with Crippen LogP contribution in [0.4, 0.5) is 0 Å². The average molecular weight is 287 g/mol. The number of carboxylic acids is 1. The number of aromatic nitrogens is 1. The molecule has 21 heavy (non-hydrogen) atoms. The zero-order valence-corrected chi connectivity index (χ0v) is 11.9. The Morgan fingerprint density at radius 1 is 1.14 bits per heavy atom. The van der Waals surface area contributed by atoms with Crippen molar-refractivity contribution in [1.29, 1.82) is 0 Å². The summed E-state index contributed by atoms with van der Waals surface area (Å²) < 4.78 is 10.3. The van der Waals surface area contributed by atoms with E-state index in [1.165, 1.54) is 7.11 Å². The molecule has 0 amide bonds. The number of benzene rings is 1. The molecule has 110 valence electrons. The van der Waals surface area contributed by atoms with Gasteiger partial charge in [-0.1, -0.05) is 24.3 Å². The summed E-state index contributed by atoms with van der Waals surface area (Å²) in [6.07, 6.45) is 0.305. The molecule has 0 aliphatic rings. The second-order valence-corrected chi connectivity index (χ2v) is 4.51. The maximum absolute atomic E-state index is 11.6. The molecule has 0 saturated carbocycles. The summed E-state index contributed by atoms with van der Waals surface area (Å²) in [4.78, 5) is 15.8. The number of rotatable bonds is 6. The lowest BCUT2D eigenvalue weighted by atomic mass is 9.95. The van der Waals surface area contributed by atoms with Gasteiger partial charge < -0.3 is 14.6 Å². The summed E-state index contributed by atoms with van der Waals surface area (Å²) in [5.41, 5.74) is 1.30. The summed E-state index contributed by atoms with van der Waals surface area (Å²) in [6.45, 7) is 0. The Hall–Kier alpha value is -2.56. The van der Waals surface area contributed by atoms with Gasteiger partial charge in [-0.3, -0.25) is 4.79 Å². The highest BCUT2D eigenvalue weighted by Crippen LogP contribution is 2.26. The van der Waals surface area contributed by atoms with Crippen LogP contribution in [0.1, 0.15) is 17.2 Å². The summed E-state index contributed by atoms with van der Waals surface area (Å²) >= 11 is 0. The predicted molar refractivity (Wildman–Crippen MR) is 77.9 cm³/mol. The van der Waals surface area contributed by atoms with Crippen molar-refractivity contribution in [2.75, 3.05) is 14.2 Å². The van der Waals surface area contributed by atoms with Crippen molar-refractivity contribution in [3.63, 3.8) is 0 Å². The molecule has 5 nitrogen and oxygen atoms in total. The van der Waals surface area contributed by atoms with E-state index in [1.807, 2.05) is 24.3 Å². The van der Waals surface area contributed by atoms with Crippen LogP contribution >= 0.6 is 0 Å². The maximum atomic E-state index is 11.6. The summed E-state index contributed by atoms with van der Waals surface area (Å²) in [6, 6.07) is 12.5. The minimum absolute atomic E-state index is 0.305. The van der Waals surface area contributed by atoms with Gasteiger partial charge >= 0.3 is 5.97 Å². The molecule has 1 aromatic carbocycles. The SMILES string of the molecule is COc1cccc(C(Cc2ccccc2OC)C(=O)O)n1. The third-order valence-corrected chi connectivity index (χ3v) is 3.23. The standard InChI is InChI=1S/C16H17NO4/c1-20-14-8-4-3-6-11(14)10-12(16(18)19)13-7-5-9-15(17-13)21-2/h3-9,12H,10H2,1-2H3,(H,18,19). The minimum Gasteiger partial charge on any atom is -0.496 e. The Bertz CT molecular complexity index is 627. The van der Waals surface area contributed by atoms with E-state index < -0.39 is 11.9 Å². The molecular formula is C16H17NO4. The van der Waals surface area contributed by atoms with Gasteiger partial charge in [0.25, 0.3) is 0 Å². The van der Waals surface area contributed by atoms with E-state index in [0.717, 1.165) is 5.56 Å². The van der Waals surface area contributed by atoms with Gasteiger partial charge in [0, 0.05) is 6.07 Å². The van der Waals surface area contributed by atoms with E-state index in [4.69, 9.17) is 9.47 Å². The first-order valence-electron chi connectivity index (χ1n) is 6.51. The molecule has 0 bridgehead atoms. The number of aliphatic carboxylic acids is 1. The van der Waals surface area contributed by atoms with Gasteiger partial charge in [-0.05, 0) is 24.1 Å². The molecule has 1 atom stereocenters. The molecule has 1 aromatic heterocycles. The highest BCUT2D eigenvalue weighted by molar-refractivity contribution is 5.76. The first kappa shape index (κ1) is 14.8. The van der Waals surface area contributed by atoms with Crippen molar-refractivity contribution in [2.45, 2.75) is 12.3 Å². The molecule has 1 heterocycles. The topological polar surface area (TPSA) is 68.7 Å². The van der Waals surface area contributed by atoms with E-state index >= 15 is 0 Å². The second-order valence-electron chi connectivity index (χ2n) is 4.51. The van der Waals surface area contributed by atoms with Crippen LogP contribution in [-0.2, 0) is 11.2 Å². The van der Waals surface area contributed by atoms with Gasteiger partial charge in [0.1, 0.15) is 11.7 Å². The number of methoxy groups -OCH3 is 2. The Morgan fingerprint density at radius 2 is 1.90 bits per heavy atom. The lowest BCUT2D eigenvalue weighted by Crippen LogP contribution is -2.16. The summed E-state index contributed by atoms with van der Waals surface area (Å²) in [5.74, 6) is -0.608. The predicted octanol–water partition coefficient (Wildman–Crippen LogP) is 2.51. The minimum atomic E-state index is -0.929. The van der Waals surface area contributed by atoms with Crippen LogP contribution in [0.3, 0.4) is 0 Å². The number of nitrogens with zero attached hydrogens (tertiary/aromatic N) is 1. The van der Waals surface area contributed by atoms with Gasteiger partial charge in [-0.25, -0.2) is 4.98 Å². The quantitative estimate of drug-likeness (QED) is 0.884. The lowest BCUT2D eigenvalue weighted by molar-refractivity contribution is -0.138. The van der Waals surface area contributed by atoms with E-state index in [1.54, 1.807) is 25.3 Å². The molecular weight excluding hydrogens is 270 g/mol. The number of carboxylic acid groups (broad SMARTS) is 1. The van der Waals surface area contributed by atoms with Crippen molar-refractivity contribution >= 4 is 5.97 Å². The van der Waals surface area contributed by atoms with E-state index in [9.17, 15) is 9.90 Å². The molecule has 5 heteroatoms. The van der Waals surface area contributed by atoms with Gasteiger partial charge in [0.2, 0.25) is 5.88 Å². The number of hydrogen-bond donors (Lipinski definition) is 1. The average Bonchev–Trinajstić information content (AvgIpc) is 2.52. The number of ether oxygens (including phenoxy) is 2. The van der Waals surface area contributed by atoms with Crippen LogP contribution in [-0.4, -0.2) is 30.3 Å². The van der Waals surface area contributed by atoms with Crippen molar-refractivity contribution in [2.24, 2.45) is 0 Å². The smallest absolute Gasteiger partial charge is 0.312 e. The number of carbonyl (C=O) groups is 1. The summed E-state index contributed by atoms with van der Waals surface area (Å²) in [7, 11) is 3.07. The van der Waals surface area contributed by atoms with Crippen LogP contribution in [0, 0.1) is 0 Å². The zero-order chi connectivity index (χ0) is 15.2. The molecule has 0 fully saturated rings. The number of pyridine rings is 1. The Balaban J connectivity index is 2.33. The lowest BCUT2D eigenvalue weighted by Gasteiger charge is -2.15. The Labute approximate surface area is 123 Å². The molecule has 0 aliphatic carbocycles. The fourth-order valence-corrected chi connectivity index (χ4v) is 2.15. The molecule has 2 aromatic rings. The molecule has 1 N–H and O–H groups in total. The number of hydrogen-bond acceptors (Lipinski definition) is 4. The normalized spacial score (nSPS) is 11.7. The van der Waals surface area contributed by atoms with E-state index in [-0.39, 0.29) is 0 Å².